The van der Waals surface area contributed by atoms with Crippen LogP contribution in [-0.2, 0) is 0 Å². The van der Waals surface area contributed by atoms with E-state index in [4.69, 9.17) is 16.4 Å². The Kier molecular flexibility index (Phi) is 0.393. The second-order valence-electron chi connectivity index (χ2n) is 2.25. The summed E-state index contributed by atoms with van der Waals surface area (Å²) in [6, 6.07) is -4.62. The van der Waals surface area contributed by atoms with Crippen LogP contribution in [0.15, 0.2) is 36.3 Å². The van der Waals surface area contributed by atoms with Crippen LogP contribution in [0.2, 0.25) is 0 Å². The lowest BCUT2D eigenvalue weighted by Gasteiger charge is -2.04. The van der Waals surface area contributed by atoms with Crippen LogP contribution in [0.1, 0.15) is 27.6 Å². The highest BCUT2D eigenvalue weighted by molar-refractivity contribution is 5.88. The van der Waals surface area contributed by atoms with Crippen molar-refractivity contribution in [2.75, 3.05) is 0 Å². The van der Waals surface area contributed by atoms with Gasteiger partial charge < -0.3 is 0 Å². The molecule has 2 aromatic rings. The van der Waals surface area contributed by atoms with Crippen LogP contribution in [0.5, 0.6) is 0 Å². The van der Waals surface area contributed by atoms with Crippen LogP contribution >= 0.6 is 0 Å². The monoisotopic (exact) mass is 168 g/mol. The highest BCUT2D eigenvalue weighted by atomic mass is 14.0. The van der Waals surface area contributed by atoms with E-state index < -0.39 is 71.9 Å². The normalized spacial score (nSPS) is 27.0. The molecule has 0 unspecified atom stereocenters. The molecule has 0 atom stereocenters. The van der Waals surface area contributed by atoms with Gasteiger partial charge >= 0.3 is 0 Å². The summed E-state index contributed by atoms with van der Waals surface area (Å²) in [5.41, 5.74) is -1.57. The lowest BCUT2D eigenvalue weighted by atomic mass is 10.0. The summed E-state index contributed by atoms with van der Waals surface area (Å²) >= 11 is 0. The summed E-state index contributed by atoms with van der Waals surface area (Å²) in [6.45, 7) is -5.97. The van der Waals surface area contributed by atoms with Gasteiger partial charge in [-0.05, 0) is 35.6 Å². The fourth-order valence-electron chi connectivity index (χ4n) is 0.969. The molecule has 0 fully saturated rings. The van der Waals surface area contributed by atoms with Crippen LogP contribution in [-0.4, -0.2) is 0 Å². The Bertz CT molecular complexity index is 776. The van der Waals surface area contributed by atoms with Crippen molar-refractivity contribution in [2.24, 2.45) is 0 Å². The zero-order valence-corrected chi connectivity index (χ0v) is 6.00. The first-order chi connectivity index (χ1) is 10.7. The van der Waals surface area contributed by atoms with E-state index in [-0.39, 0.29) is 0 Å². The van der Waals surface area contributed by atoms with Crippen molar-refractivity contribution in [2.45, 2.75) is 13.7 Å². The summed E-state index contributed by atoms with van der Waals surface area (Å²) in [5, 5.41) is -1.10. The maximum absolute atomic E-state index is 7.90. The van der Waals surface area contributed by atoms with Gasteiger partial charge in [0.1, 0.15) is 0 Å². The third-order valence-electron chi connectivity index (χ3n) is 1.50. The topological polar surface area (TPSA) is 0 Å². The van der Waals surface area contributed by atoms with E-state index in [0.29, 0.717) is 0 Å². The molecule has 0 aromatic heterocycles. The van der Waals surface area contributed by atoms with Gasteiger partial charge in [0.2, 0.25) is 0 Å². The zero-order chi connectivity index (χ0) is 18.8. The predicted octanol–water partition coefficient (Wildman–Crippen LogP) is 3.46. The quantitative estimate of drug-likeness (QED) is 0.565. The summed E-state index contributed by atoms with van der Waals surface area (Å²) < 4.78 is 92.4. The maximum atomic E-state index is 7.90. The largest absolute Gasteiger partial charge is 0.0629 e. The number of rotatable bonds is 0. The average molecular weight is 168 g/mol. The molecule has 0 N–H and O–H groups in total. The smallest absolute Gasteiger partial charge is 0.0614 e. The molecular weight excluding hydrogens is 144 g/mol. The van der Waals surface area contributed by atoms with Crippen LogP contribution < -0.4 is 0 Å². The van der Waals surface area contributed by atoms with Gasteiger partial charge in [-0.25, -0.2) is 0 Å². The standard InChI is InChI=1S/C12H12/c1-9-5-3-7-11-8-4-6-10(2)12(9)11/h3-8H,1-2H3/i1D3,2D3,3D,4D,5D,6D,7D,8D. The Balaban J connectivity index is 3.36. The molecule has 0 heterocycles. The van der Waals surface area contributed by atoms with Crippen molar-refractivity contribution in [3.8, 4) is 0 Å². The fourth-order valence-corrected chi connectivity index (χ4v) is 0.969. The van der Waals surface area contributed by atoms with Crippen LogP contribution in [0, 0.1) is 13.7 Å². The molecule has 0 nitrogen and oxygen atoms in total. The van der Waals surface area contributed by atoms with Crippen LogP contribution in [0.3, 0.4) is 0 Å². The Morgan fingerprint density at radius 1 is 1.00 bits per heavy atom. The highest BCUT2D eigenvalue weighted by Gasteiger charge is 1.97. The van der Waals surface area contributed by atoms with Crippen molar-refractivity contribution in [1.29, 1.82) is 0 Å². The molecule has 0 aliphatic carbocycles. The molecule has 0 aliphatic heterocycles. The van der Waals surface area contributed by atoms with Crippen molar-refractivity contribution in [3.05, 3.63) is 47.4 Å². The second kappa shape index (κ2) is 2.63. The van der Waals surface area contributed by atoms with Gasteiger partial charge in [0.15, 0.2) is 0 Å². The third-order valence-corrected chi connectivity index (χ3v) is 1.50. The summed E-state index contributed by atoms with van der Waals surface area (Å²) in [5.74, 6) is 0. The Morgan fingerprint density at radius 3 is 2.08 bits per heavy atom. The van der Waals surface area contributed by atoms with Crippen molar-refractivity contribution in [1.82, 2.24) is 0 Å². The highest BCUT2D eigenvalue weighted by Crippen LogP contribution is 2.21. The first-order valence-electron chi connectivity index (χ1n) is 9.25. The third kappa shape index (κ3) is 1.00. The minimum atomic E-state index is -2.98. The van der Waals surface area contributed by atoms with E-state index in [9.17, 15) is 0 Å². The van der Waals surface area contributed by atoms with Gasteiger partial charge in [0.25, 0.3) is 0 Å². The molecule has 0 radical (unpaired) electrons. The van der Waals surface area contributed by atoms with Gasteiger partial charge in [0.05, 0.1) is 8.22 Å². The SMILES string of the molecule is [2H]c1c([2H])c(C([2H])([2H])[2H])c2c(C([2H])([2H])[2H])c([2H])c([2H])c([2H])c2c1[2H]. The molecular formula is C12H12. The molecule has 0 bridgehead atoms. The number of hydrogen-bond acceptors (Lipinski definition) is 0. The number of benzene rings is 2. The lowest BCUT2D eigenvalue weighted by molar-refractivity contribution is 1.46. The van der Waals surface area contributed by atoms with Crippen molar-refractivity contribution < 1.29 is 16.4 Å². The van der Waals surface area contributed by atoms with Crippen molar-refractivity contribution in [3.63, 3.8) is 0 Å². The minimum absolute atomic E-state index is 0.505. The number of aryl methyl sites for hydroxylation is 2. The van der Waals surface area contributed by atoms with Crippen LogP contribution in [0.25, 0.3) is 10.8 Å². The Hall–Kier alpha value is -1.30. The minimum Gasteiger partial charge on any atom is -0.0614 e. The first-order valence-corrected chi connectivity index (χ1v) is 3.25. The Morgan fingerprint density at radius 2 is 1.58 bits per heavy atom. The molecule has 2 aromatic carbocycles. The molecule has 60 valence electrons. The lowest BCUT2D eigenvalue weighted by Crippen LogP contribution is -1.81. The summed E-state index contributed by atoms with van der Waals surface area (Å²) in [4.78, 5) is 0. The molecule has 0 heteroatoms. The molecule has 0 aliphatic rings. The zero-order valence-electron chi connectivity index (χ0n) is 18.0. The molecule has 0 amide bonds. The van der Waals surface area contributed by atoms with Gasteiger partial charge in [-0.2, -0.15) is 0 Å². The van der Waals surface area contributed by atoms with E-state index in [1.165, 1.54) is 0 Å². The van der Waals surface area contributed by atoms with E-state index >= 15 is 0 Å². The Labute approximate surface area is 89.7 Å². The van der Waals surface area contributed by atoms with Gasteiger partial charge in [-0.1, -0.05) is 36.3 Å². The average Bonchev–Trinajstić information content (AvgIpc) is 2.39. The maximum Gasteiger partial charge on any atom is 0.0629 e. The van der Waals surface area contributed by atoms with E-state index in [2.05, 4.69) is 0 Å². The van der Waals surface area contributed by atoms with E-state index in [1.807, 2.05) is 0 Å². The van der Waals surface area contributed by atoms with Crippen molar-refractivity contribution >= 4 is 10.8 Å². The molecule has 12 heavy (non-hydrogen) atoms. The fraction of sp³-hybridized carbons (Fsp3) is 0.167. The van der Waals surface area contributed by atoms with Crippen LogP contribution in [0.4, 0.5) is 0 Å². The van der Waals surface area contributed by atoms with Gasteiger partial charge in [0, 0.05) is 8.22 Å². The molecule has 0 saturated carbocycles. The number of hydrogen-bond donors (Lipinski definition) is 0. The molecule has 0 saturated heterocycles. The van der Waals surface area contributed by atoms with Gasteiger partial charge in [-0.15, -0.1) is 0 Å². The van der Waals surface area contributed by atoms with E-state index in [0.717, 1.165) is 0 Å². The molecule has 2 rings (SSSR count). The first kappa shape index (κ1) is 1.79. The number of fused-ring (bicyclic) bond motifs is 1. The van der Waals surface area contributed by atoms with Gasteiger partial charge in [-0.3, -0.25) is 0 Å². The summed E-state index contributed by atoms with van der Waals surface area (Å²) in [7, 11) is 0. The molecule has 0 spiro atoms. The predicted molar refractivity (Wildman–Crippen MR) is 53.4 cm³/mol. The second-order valence-corrected chi connectivity index (χ2v) is 2.25. The summed E-state index contributed by atoms with van der Waals surface area (Å²) in [6.07, 6.45) is 0. The van der Waals surface area contributed by atoms with E-state index in [1.54, 1.807) is 0 Å².